The van der Waals surface area contributed by atoms with E-state index in [-0.39, 0.29) is 5.91 Å². The molecule has 0 heterocycles. The molecule has 0 radical (unpaired) electrons. The van der Waals surface area contributed by atoms with Gasteiger partial charge in [-0.15, -0.1) is 0 Å². The quantitative estimate of drug-likeness (QED) is 0.351. The first-order valence-corrected chi connectivity index (χ1v) is 13.4. The van der Waals surface area contributed by atoms with Gasteiger partial charge in [-0.1, -0.05) is 60.7 Å². The van der Waals surface area contributed by atoms with E-state index >= 15 is 0 Å². The Labute approximate surface area is 204 Å². The minimum absolute atomic E-state index is 0.356. The molecule has 0 aliphatic heterocycles. The molecule has 0 bridgehead atoms. The molecule has 3 aromatic carbocycles. The zero-order valence-electron chi connectivity index (χ0n) is 18.9. The predicted octanol–water partition coefficient (Wildman–Crippen LogP) is 6.03. The molecule has 0 fully saturated rings. The summed E-state index contributed by atoms with van der Waals surface area (Å²) < 4.78 is 0. The van der Waals surface area contributed by atoms with Crippen molar-refractivity contribution in [3.05, 3.63) is 95.1 Å². The van der Waals surface area contributed by atoms with Gasteiger partial charge >= 0.3 is 5.97 Å². The Kier molecular flexibility index (Phi) is 9.46. The van der Waals surface area contributed by atoms with Crippen molar-refractivity contribution in [2.24, 2.45) is 0 Å². The fourth-order valence-electron chi connectivity index (χ4n) is 3.57. The number of aryl methyl sites for hydroxylation is 1. The first-order valence-electron chi connectivity index (χ1n) is 10.8. The summed E-state index contributed by atoms with van der Waals surface area (Å²) in [5.41, 5.74) is 5.78. The molecule has 0 aliphatic carbocycles. The summed E-state index contributed by atoms with van der Waals surface area (Å²) in [4.78, 5) is 24.8. The Balaban J connectivity index is 1.85. The average molecular weight is 480 g/mol. The lowest BCUT2D eigenvalue weighted by atomic mass is 9.94. The zero-order chi connectivity index (χ0) is 23.6. The number of amides is 1. The number of hydrogen-bond donors (Lipinski definition) is 2. The van der Waals surface area contributed by atoms with E-state index < -0.39 is 12.0 Å². The third-order valence-corrected chi connectivity index (χ3v) is 7.08. The van der Waals surface area contributed by atoms with Gasteiger partial charge in [-0.2, -0.15) is 23.5 Å². The molecule has 4 nitrogen and oxygen atoms in total. The van der Waals surface area contributed by atoms with E-state index in [9.17, 15) is 14.7 Å². The molecular weight excluding hydrogens is 450 g/mol. The van der Waals surface area contributed by atoms with Crippen LogP contribution in [0.4, 0.5) is 0 Å². The summed E-state index contributed by atoms with van der Waals surface area (Å²) in [6, 6.07) is 23.2. The molecule has 6 heteroatoms. The third-order valence-electron chi connectivity index (χ3n) is 5.36. The van der Waals surface area contributed by atoms with E-state index in [0.29, 0.717) is 17.7 Å². The van der Waals surface area contributed by atoms with Crippen LogP contribution >= 0.6 is 23.5 Å². The molecule has 172 valence electrons. The molecule has 0 spiro atoms. The average Bonchev–Trinajstić information content (AvgIpc) is 2.82. The molecule has 0 aliphatic rings. The number of benzene rings is 3. The fourth-order valence-corrected chi connectivity index (χ4v) is 4.98. The van der Waals surface area contributed by atoms with Crippen molar-refractivity contribution in [3.63, 3.8) is 0 Å². The van der Waals surface area contributed by atoms with Gasteiger partial charge in [-0.3, -0.25) is 4.79 Å². The van der Waals surface area contributed by atoms with Gasteiger partial charge in [0.2, 0.25) is 0 Å². The highest BCUT2D eigenvalue weighted by molar-refractivity contribution is 7.98. The number of hydrogen-bond acceptors (Lipinski definition) is 4. The van der Waals surface area contributed by atoms with Crippen molar-refractivity contribution in [1.82, 2.24) is 5.32 Å². The highest BCUT2D eigenvalue weighted by atomic mass is 32.2. The van der Waals surface area contributed by atoms with Crippen LogP contribution in [-0.2, 0) is 16.3 Å². The standard InChI is InChI=1S/C27H29NO3S2/c1-19-8-6-7-11-22(19)24-16-21(18-33-17-20-9-4-3-5-10-20)12-13-23(24)26(29)28-25(27(30)31)14-15-32-2/h3-13,16,25H,14-15,17-18H2,1-2H3,(H,28,29)(H,30,31). The van der Waals surface area contributed by atoms with E-state index in [1.165, 1.54) is 5.56 Å². The molecule has 1 amide bonds. The van der Waals surface area contributed by atoms with E-state index in [4.69, 9.17) is 0 Å². The van der Waals surface area contributed by atoms with E-state index in [2.05, 4.69) is 23.5 Å². The second-order valence-corrected chi connectivity index (χ2v) is 9.79. The van der Waals surface area contributed by atoms with Gasteiger partial charge in [0.1, 0.15) is 6.04 Å². The monoisotopic (exact) mass is 479 g/mol. The Morgan fingerprint density at radius 1 is 0.909 bits per heavy atom. The van der Waals surface area contributed by atoms with Crippen LogP contribution in [0.5, 0.6) is 0 Å². The normalized spacial score (nSPS) is 11.7. The largest absolute Gasteiger partial charge is 0.480 e. The topological polar surface area (TPSA) is 66.4 Å². The van der Waals surface area contributed by atoms with Crippen molar-refractivity contribution >= 4 is 35.4 Å². The first-order chi connectivity index (χ1) is 16.0. The van der Waals surface area contributed by atoms with E-state index in [0.717, 1.165) is 33.8 Å². The van der Waals surface area contributed by atoms with Crippen LogP contribution in [0.3, 0.4) is 0 Å². The maximum atomic E-state index is 13.2. The number of carbonyl (C=O) groups excluding carboxylic acids is 1. The first kappa shape index (κ1) is 24.9. The zero-order valence-corrected chi connectivity index (χ0v) is 20.5. The summed E-state index contributed by atoms with van der Waals surface area (Å²) in [5.74, 6) is 1.04. The summed E-state index contributed by atoms with van der Waals surface area (Å²) in [7, 11) is 0. The van der Waals surface area contributed by atoms with Crippen LogP contribution in [-0.4, -0.2) is 35.0 Å². The summed E-state index contributed by atoms with van der Waals surface area (Å²) in [6.45, 7) is 2.02. The SMILES string of the molecule is CSCCC(NC(=O)c1ccc(CSCc2ccccc2)cc1-c1ccccc1C)C(=O)O. The number of rotatable bonds is 11. The van der Waals surface area contributed by atoms with Crippen molar-refractivity contribution < 1.29 is 14.7 Å². The van der Waals surface area contributed by atoms with Gasteiger partial charge in [0.15, 0.2) is 0 Å². The maximum Gasteiger partial charge on any atom is 0.326 e. The van der Waals surface area contributed by atoms with Crippen molar-refractivity contribution in [2.45, 2.75) is 30.9 Å². The molecule has 1 atom stereocenters. The van der Waals surface area contributed by atoms with Crippen molar-refractivity contribution in [1.29, 1.82) is 0 Å². The predicted molar refractivity (Wildman–Crippen MR) is 140 cm³/mol. The number of carboxylic acid groups (broad SMARTS) is 1. The number of aliphatic carboxylic acids is 1. The van der Waals surface area contributed by atoms with Crippen LogP contribution < -0.4 is 5.32 Å². The molecule has 33 heavy (non-hydrogen) atoms. The molecule has 0 saturated carbocycles. The Morgan fingerprint density at radius 3 is 2.30 bits per heavy atom. The molecule has 1 unspecified atom stereocenters. The number of thioether (sulfide) groups is 2. The molecular formula is C27H29NO3S2. The van der Waals surface area contributed by atoms with Crippen molar-refractivity contribution in [2.75, 3.05) is 12.0 Å². The summed E-state index contributed by atoms with van der Waals surface area (Å²) in [5, 5.41) is 12.3. The van der Waals surface area contributed by atoms with Gasteiger partial charge in [-0.25, -0.2) is 4.79 Å². The second kappa shape index (κ2) is 12.5. The van der Waals surface area contributed by atoms with Gasteiger partial charge in [0.05, 0.1) is 0 Å². The summed E-state index contributed by atoms with van der Waals surface area (Å²) >= 11 is 3.39. The van der Waals surface area contributed by atoms with E-state index in [1.54, 1.807) is 11.8 Å². The second-order valence-electron chi connectivity index (χ2n) is 7.82. The Bertz CT molecular complexity index is 1090. The highest BCUT2D eigenvalue weighted by Gasteiger charge is 2.22. The van der Waals surface area contributed by atoms with Crippen LogP contribution in [0.2, 0.25) is 0 Å². The molecule has 0 aromatic heterocycles. The molecule has 2 N–H and O–H groups in total. The van der Waals surface area contributed by atoms with Gasteiger partial charge < -0.3 is 10.4 Å². The van der Waals surface area contributed by atoms with E-state index in [1.807, 2.05) is 79.5 Å². The Hall–Kier alpha value is -2.70. The molecule has 0 saturated heterocycles. The minimum Gasteiger partial charge on any atom is -0.480 e. The molecule has 3 rings (SSSR count). The van der Waals surface area contributed by atoms with Crippen LogP contribution in [0.25, 0.3) is 11.1 Å². The number of carbonyl (C=O) groups is 2. The molecule has 3 aromatic rings. The van der Waals surface area contributed by atoms with Gasteiger partial charge in [-0.05, 0) is 65.3 Å². The van der Waals surface area contributed by atoms with Crippen molar-refractivity contribution in [3.8, 4) is 11.1 Å². The lowest BCUT2D eigenvalue weighted by molar-refractivity contribution is -0.139. The smallest absolute Gasteiger partial charge is 0.326 e. The lowest BCUT2D eigenvalue weighted by Crippen LogP contribution is -2.41. The van der Waals surface area contributed by atoms with Gasteiger partial charge in [0.25, 0.3) is 5.91 Å². The third kappa shape index (κ3) is 7.14. The van der Waals surface area contributed by atoms with Crippen LogP contribution in [0, 0.1) is 6.92 Å². The van der Waals surface area contributed by atoms with Gasteiger partial charge in [0, 0.05) is 17.1 Å². The summed E-state index contributed by atoms with van der Waals surface area (Å²) in [6.07, 6.45) is 2.31. The number of carboxylic acids is 1. The maximum absolute atomic E-state index is 13.2. The highest BCUT2D eigenvalue weighted by Crippen LogP contribution is 2.30. The van der Waals surface area contributed by atoms with Crippen LogP contribution in [0.15, 0.2) is 72.8 Å². The fraction of sp³-hybridized carbons (Fsp3) is 0.259. The lowest BCUT2D eigenvalue weighted by Gasteiger charge is -2.17. The van der Waals surface area contributed by atoms with Crippen LogP contribution in [0.1, 0.15) is 33.5 Å². The Morgan fingerprint density at radius 2 is 1.61 bits per heavy atom. The number of nitrogens with one attached hydrogen (secondary N) is 1. The minimum atomic E-state index is -1.01.